The topological polar surface area (TPSA) is 97.0 Å². The Hall–Kier alpha value is -3.57. The minimum Gasteiger partial charge on any atom is -0.423 e. The molecule has 34 heavy (non-hydrogen) atoms. The molecule has 3 heterocycles. The Kier molecular flexibility index (Phi) is 5.06. The molecule has 3 aromatic rings. The van der Waals surface area contributed by atoms with Crippen molar-refractivity contribution in [1.82, 2.24) is 25.1 Å². The fraction of sp³-hybridized carbons (Fsp3) is 0.409. The lowest BCUT2D eigenvalue weighted by Crippen LogP contribution is -2.70. The molecule has 2 aliphatic rings. The predicted molar refractivity (Wildman–Crippen MR) is 111 cm³/mol. The van der Waals surface area contributed by atoms with Gasteiger partial charge in [0.1, 0.15) is 11.4 Å². The molecule has 5 rings (SSSR count). The lowest BCUT2D eigenvalue weighted by Gasteiger charge is -2.61. The van der Waals surface area contributed by atoms with Gasteiger partial charge in [-0.15, -0.1) is 10.2 Å². The Balaban J connectivity index is 1.50. The van der Waals surface area contributed by atoms with Crippen molar-refractivity contribution in [2.75, 3.05) is 5.32 Å². The van der Waals surface area contributed by atoms with Gasteiger partial charge in [0.25, 0.3) is 0 Å². The molecule has 2 bridgehead atoms. The quantitative estimate of drug-likeness (QED) is 0.539. The van der Waals surface area contributed by atoms with E-state index >= 15 is 0 Å². The zero-order valence-corrected chi connectivity index (χ0v) is 18.2. The van der Waals surface area contributed by atoms with Gasteiger partial charge in [0.05, 0.1) is 11.3 Å². The molecule has 0 spiro atoms. The first-order valence-electron chi connectivity index (χ1n) is 10.7. The third-order valence-electron chi connectivity index (χ3n) is 6.36. The van der Waals surface area contributed by atoms with Crippen LogP contribution in [0.25, 0.3) is 11.4 Å². The van der Waals surface area contributed by atoms with Crippen molar-refractivity contribution in [3.63, 3.8) is 0 Å². The van der Waals surface area contributed by atoms with Crippen molar-refractivity contribution in [1.29, 1.82) is 0 Å². The average Bonchev–Trinajstić information content (AvgIpc) is 3.21. The maximum absolute atomic E-state index is 14.8. The fourth-order valence-electron chi connectivity index (χ4n) is 5.14. The van der Waals surface area contributed by atoms with E-state index < -0.39 is 40.4 Å². The van der Waals surface area contributed by atoms with Crippen molar-refractivity contribution in [3.8, 4) is 11.4 Å². The van der Waals surface area contributed by atoms with Gasteiger partial charge in [-0.25, -0.2) is 19.2 Å². The van der Waals surface area contributed by atoms with Crippen LogP contribution in [0.3, 0.4) is 0 Å². The number of aryl methyl sites for hydroxylation is 1. The molecule has 1 saturated carbocycles. The van der Waals surface area contributed by atoms with Crippen molar-refractivity contribution < 1.29 is 26.8 Å². The number of hydrogen-bond acceptors (Lipinski definition) is 6. The number of alkyl halides is 3. The second-order valence-corrected chi connectivity index (χ2v) is 8.81. The maximum Gasteiger partial charge on any atom is 0.417 e. The number of benzene rings is 1. The van der Waals surface area contributed by atoms with Crippen molar-refractivity contribution in [2.45, 2.75) is 50.9 Å². The van der Waals surface area contributed by atoms with Crippen LogP contribution >= 0.6 is 0 Å². The monoisotopic (exact) mass is 476 g/mol. The van der Waals surface area contributed by atoms with E-state index in [1.54, 1.807) is 6.92 Å². The van der Waals surface area contributed by atoms with Crippen molar-refractivity contribution in [2.24, 2.45) is 5.92 Å². The van der Waals surface area contributed by atoms with Crippen LogP contribution in [0.4, 0.5) is 28.0 Å². The van der Waals surface area contributed by atoms with Gasteiger partial charge in [0.15, 0.2) is 5.82 Å². The number of piperidine rings is 1. The largest absolute Gasteiger partial charge is 0.423 e. The van der Waals surface area contributed by atoms with E-state index in [1.807, 2.05) is 0 Å². The minimum absolute atomic E-state index is 0.134. The number of urea groups is 1. The highest BCUT2D eigenvalue weighted by molar-refractivity contribution is 5.92. The van der Waals surface area contributed by atoms with E-state index in [1.165, 1.54) is 23.4 Å². The summed E-state index contributed by atoms with van der Waals surface area (Å²) in [6, 6.07) is 1.92. The van der Waals surface area contributed by atoms with Crippen LogP contribution in [0.2, 0.25) is 0 Å². The first-order valence-corrected chi connectivity index (χ1v) is 10.7. The van der Waals surface area contributed by atoms with Gasteiger partial charge in [-0.2, -0.15) is 13.2 Å². The van der Waals surface area contributed by atoms with Gasteiger partial charge < -0.3 is 14.6 Å². The van der Waals surface area contributed by atoms with Crippen molar-refractivity contribution >= 4 is 11.7 Å². The Labute approximate surface area is 191 Å². The molecule has 2 fully saturated rings. The van der Waals surface area contributed by atoms with Gasteiger partial charge in [0.2, 0.25) is 11.8 Å². The second-order valence-electron chi connectivity index (χ2n) is 8.81. The molecular weight excluding hydrogens is 456 g/mol. The fourth-order valence-corrected chi connectivity index (χ4v) is 5.14. The molecule has 1 N–H and O–H groups in total. The first-order chi connectivity index (χ1) is 16.1. The molecule has 1 aliphatic carbocycles. The summed E-state index contributed by atoms with van der Waals surface area (Å²) in [5, 5.41) is 10.4. The highest BCUT2D eigenvalue weighted by atomic mass is 19.4. The Morgan fingerprint density at radius 3 is 2.59 bits per heavy atom. The van der Waals surface area contributed by atoms with Crippen molar-refractivity contribution in [3.05, 3.63) is 53.8 Å². The molecule has 8 nitrogen and oxygen atoms in total. The molecule has 12 heteroatoms. The summed E-state index contributed by atoms with van der Waals surface area (Å²) in [5.41, 5.74) is -2.91. The first kappa shape index (κ1) is 22.2. The van der Waals surface area contributed by atoms with E-state index in [9.17, 15) is 22.4 Å². The predicted octanol–water partition coefficient (Wildman–Crippen LogP) is 4.92. The van der Waals surface area contributed by atoms with E-state index in [2.05, 4.69) is 32.4 Å². The van der Waals surface area contributed by atoms with Crippen LogP contribution in [0.1, 0.15) is 43.5 Å². The summed E-state index contributed by atoms with van der Waals surface area (Å²) < 4.78 is 61.2. The standard InChI is InChI=1S/C22H20F4N6O2/c1-11-6-13-10-21(9-11,19-31-30-12(2)34-19)32(13)20(33)29-17-7-14(18-27-4-3-5-28-18)15(8-16(17)23)22(24,25)26/h3-5,7-8,11,13H,6,9-10H2,1-2H3,(H,29,33)/t11-,13-,21+/m1/s1. The normalized spacial score (nSPS) is 24.0. The third-order valence-corrected chi connectivity index (χ3v) is 6.36. The Morgan fingerprint density at radius 2 is 1.94 bits per heavy atom. The van der Waals surface area contributed by atoms with Crippen LogP contribution < -0.4 is 5.32 Å². The summed E-state index contributed by atoms with van der Waals surface area (Å²) in [5.74, 6) is -0.513. The summed E-state index contributed by atoms with van der Waals surface area (Å²) in [6.45, 7) is 3.70. The number of aromatic nitrogens is 4. The molecule has 178 valence electrons. The van der Waals surface area contributed by atoms with Crippen LogP contribution in [0, 0.1) is 18.7 Å². The number of carbonyl (C=O) groups excluding carboxylic acids is 1. The molecule has 0 radical (unpaired) electrons. The average molecular weight is 476 g/mol. The molecule has 1 aliphatic heterocycles. The number of halogens is 4. The number of hydrogen-bond donors (Lipinski definition) is 1. The molecule has 2 aromatic heterocycles. The number of rotatable bonds is 3. The smallest absolute Gasteiger partial charge is 0.417 e. The number of nitrogens with zero attached hydrogens (tertiary/aromatic N) is 5. The molecule has 0 unspecified atom stereocenters. The Bertz CT molecular complexity index is 1250. The lowest BCUT2D eigenvalue weighted by atomic mass is 9.64. The number of carbonyl (C=O) groups is 1. The van der Waals surface area contributed by atoms with E-state index in [4.69, 9.17) is 4.42 Å². The van der Waals surface area contributed by atoms with Crippen LogP contribution in [0.15, 0.2) is 35.0 Å². The highest BCUT2D eigenvalue weighted by Crippen LogP contribution is 2.55. The van der Waals surface area contributed by atoms with Gasteiger partial charge in [-0.1, -0.05) is 6.92 Å². The van der Waals surface area contributed by atoms with Gasteiger partial charge in [-0.05, 0) is 37.0 Å². The number of anilines is 1. The summed E-state index contributed by atoms with van der Waals surface area (Å²) >= 11 is 0. The molecular formula is C22H20F4N6O2. The maximum atomic E-state index is 14.8. The van der Waals surface area contributed by atoms with E-state index in [-0.39, 0.29) is 11.9 Å². The van der Waals surface area contributed by atoms with Crippen LogP contribution in [-0.4, -0.2) is 37.1 Å². The SMILES string of the molecule is Cc1nnc([C@]23C[C@H](C)C[C@H](C2)N3C(=O)Nc2cc(-c3ncccn3)c(C(F)(F)F)cc2F)o1. The molecule has 1 saturated heterocycles. The van der Waals surface area contributed by atoms with Crippen LogP contribution in [0.5, 0.6) is 0 Å². The van der Waals surface area contributed by atoms with E-state index in [0.29, 0.717) is 36.6 Å². The summed E-state index contributed by atoms with van der Waals surface area (Å²) in [7, 11) is 0. The second kappa shape index (κ2) is 7.74. The molecule has 3 atom stereocenters. The Morgan fingerprint density at radius 1 is 1.21 bits per heavy atom. The van der Waals surface area contributed by atoms with Crippen LogP contribution in [-0.2, 0) is 11.7 Å². The molecule has 1 aromatic carbocycles. The van der Waals surface area contributed by atoms with Gasteiger partial charge in [-0.3, -0.25) is 0 Å². The van der Waals surface area contributed by atoms with Gasteiger partial charge >= 0.3 is 12.2 Å². The third kappa shape index (κ3) is 3.57. The highest BCUT2D eigenvalue weighted by Gasteiger charge is 2.62. The number of fused-ring (bicyclic) bond motifs is 2. The lowest BCUT2D eigenvalue weighted by molar-refractivity contribution is -0.137. The summed E-state index contributed by atoms with van der Waals surface area (Å²) in [4.78, 5) is 22.5. The summed E-state index contributed by atoms with van der Waals surface area (Å²) in [6.07, 6.45) is -0.350. The van der Waals surface area contributed by atoms with E-state index in [0.717, 1.165) is 12.5 Å². The zero-order valence-electron chi connectivity index (χ0n) is 18.2. The minimum atomic E-state index is -4.84. The number of likely N-dealkylation sites (tertiary alicyclic amines) is 1. The number of amides is 2. The van der Waals surface area contributed by atoms with Gasteiger partial charge in [0, 0.05) is 37.3 Å². The number of nitrogens with one attached hydrogen (secondary N) is 1. The molecule has 2 amide bonds. The zero-order chi connectivity index (χ0) is 24.3.